The molecule has 1 aliphatic heterocycles. The first kappa shape index (κ1) is 22.1. The highest BCUT2D eigenvalue weighted by Gasteiger charge is 2.26. The molecule has 33 heavy (non-hydrogen) atoms. The SMILES string of the molecule is COc1ccc(-c2cc(C(=O)N3CCN(c4ccc([N+](=O)[O-])cc4)CC3)n(C)n2)c(OC)c1. The van der Waals surface area contributed by atoms with Crippen LogP contribution in [0, 0.1) is 10.1 Å². The number of non-ortho nitro benzene ring substituents is 1. The van der Waals surface area contributed by atoms with Crippen molar-refractivity contribution in [2.24, 2.45) is 7.05 Å². The van der Waals surface area contributed by atoms with Crippen LogP contribution in [-0.4, -0.2) is 65.9 Å². The van der Waals surface area contributed by atoms with Crippen molar-refractivity contribution >= 4 is 17.3 Å². The number of rotatable bonds is 6. The average molecular weight is 451 g/mol. The summed E-state index contributed by atoms with van der Waals surface area (Å²) in [4.78, 5) is 27.6. The molecule has 0 aliphatic carbocycles. The van der Waals surface area contributed by atoms with Gasteiger partial charge >= 0.3 is 0 Å². The first-order chi connectivity index (χ1) is 15.9. The summed E-state index contributed by atoms with van der Waals surface area (Å²) in [5.74, 6) is 1.20. The zero-order valence-electron chi connectivity index (χ0n) is 18.7. The maximum absolute atomic E-state index is 13.2. The van der Waals surface area contributed by atoms with Crippen molar-refractivity contribution in [3.63, 3.8) is 0 Å². The largest absolute Gasteiger partial charge is 0.497 e. The molecule has 172 valence electrons. The van der Waals surface area contributed by atoms with Gasteiger partial charge in [0.15, 0.2) is 0 Å². The lowest BCUT2D eigenvalue weighted by Crippen LogP contribution is -2.49. The monoisotopic (exact) mass is 451 g/mol. The molecule has 0 spiro atoms. The first-order valence-electron chi connectivity index (χ1n) is 10.5. The number of aryl methyl sites for hydroxylation is 1. The second-order valence-electron chi connectivity index (χ2n) is 7.66. The number of carbonyl (C=O) groups is 1. The molecule has 0 N–H and O–H groups in total. The lowest BCUT2D eigenvalue weighted by atomic mass is 10.1. The molecule has 0 saturated carbocycles. The predicted octanol–water partition coefficient (Wildman–Crippen LogP) is 2.97. The number of piperazine rings is 1. The Labute approximate surface area is 191 Å². The van der Waals surface area contributed by atoms with E-state index in [2.05, 4.69) is 10.00 Å². The molecule has 1 amide bonds. The third-order valence-electron chi connectivity index (χ3n) is 5.78. The van der Waals surface area contributed by atoms with E-state index in [0.717, 1.165) is 11.3 Å². The van der Waals surface area contributed by atoms with Crippen LogP contribution in [0.4, 0.5) is 11.4 Å². The summed E-state index contributed by atoms with van der Waals surface area (Å²) in [6, 6.07) is 13.7. The topological polar surface area (TPSA) is 103 Å². The molecular weight excluding hydrogens is 426 g/mol. The van der Waals surface area contributed by atoms with Crippen LogP contribution in [-0.2, 0) is 7.05 Å². The molecule has 1 saturated heterocycles. The Kier molecular flexibility index (Phi) is 6.16. The number of carbonyl (C=O) groups excluding carboxylic acids is 1. The van der Waals surface area contributed by atoms with Gasteiger partial charge < -0.3 is 19.3 Å². The van der Waals surface area contributed by atoms with Crippen molar-refractivity contribution in [3.05, 3.63) is 64.3 Å². The Morgan fingerprint density at radius 2 is 1.70 bits per heavy atom. The van der Waals surface area contributed by atoms with Gasteiger partial charge in [-0.05, 0) is 30.3 Å². The maximum atomic E-state index is 13.2. The van der Waals surface area contributed by atoms with Gasteiger partial charge in [-0.2, -0.15) is 5.10 Å². The van der Waals surface area contributed by atoms with Crippen molar-refractivity contribution < 1.29 is 19.2 Å². The van der Waals surface area contributed by atoms with Crippen LogP contribution in [0.5, 0.6) is 11.5 Å². The molecule has 1 fully saturated rings. The van der Waals surface area contributed by atoms with Gasteiger partial charge in [0.05, 0.1) is 24.8 Å². The van der Waals surface area contributed by atoms with Crippen molar-refractivity contribution in [3.8, 4) is 22.8 Å². The molecule has 2 aromatic carbocycles. The number of anilines is 1. The quantitative estimate of drug-likeness (QED) is 0.419. The minimum absolute atomic E-state index is 0.0630. The summed E-state index contributed by atoms with van der Waals surface area (Å²) < 4.78 is 12.3. The second-order valence-corrected chi connectivity index (χ2v) is 7.66. The third kappa shape index (κ3) is 4.45. The van der Waals surface area contributed by atoms with E-state index in [-0.39, 0.29) is 11.6 Å². The molecule has 3 aromatic rings. The van der Waals surface area contributed by atoms with Gasteiger partial charge in [-0.3, -0.25) is 19.6 Å². The summed E-state index contributed by atoms with van der Waals surface area (Å²) in [5.41, 5.74) is 2.88. The van der Waals surface area contributed by atoms with Gasteiger partial charge in [0, 0.05) is 62.7 Å². The van der Waals surface area contributed by atoms with E-state index >= 15 is 0 Å². The van der Waals surface area contributed by atoms with Gasteiger partial charge in [0.25, 0.3) is 11.6 Å². The summed E-state index contributed by atoms with van der Waals surface area (Å²) in [6.45, 7) is 2.37. The molecule has 1 aromatic heterocycles. The molecule has 4 rings (SSSR count). The molecule has 2 heterocycles. The lowest BCUT2D eigenvalue weighted by Gasteiger charge is -2.36. The number of hydrogen-bond donors (Lipinski definition) is 0. The summed E-state index contributed by atoms with van der Waals surface area (Å²) >= 11 is 0. The van der Waals surface area contributed by atoms with Crippen LogP contribution in [0.15, 0.2) is 48.5 Å². The number of benzene rings is 2. The number of nitrogens with zero attached hydrogens (tertiary/aromatic N) is 5. The Hall–Kier alpha value is -4.08. The Morgan fingerprint density at radius 3 is 2.30 bits per heavy atom. The van der Waals surface area contributed by atoms with E-state index < -0.39 is 4.92 Å². The molecule has 0 radical (unpaired) electrons. The molecule has 0 bridgehead atoms. The van der Waals surface area contributed by atoms with Crippen LogP contribution in [0.3, 0.4) is 0 Å². The smallest absolute Gasteiger partial charge is 0.272 e. The Balaban J connectivity index is 1.46. The highest BCUT2D eigenvalue weighted by Crippen LogP contribution is 2.33. The Bertz CT molecular complexity index is 1170. The number of aromatic nitrogens is 2. The minimum Gasteiger partial charge on any atom is -0.497 e. The van der Waals surface area contributed by atoms with E-state index in [9.17, 15) is 14.9 Å². The summed E-state index contributed by atoms with van der Waals surface area (Å²) in [6.07, 6.45) is 0. The van der Waals surface area contributed by atoms with Crippen molar-refractivity contribution in [2.75, 3.05) is 45.3 Å². The fourth-order valence-corrected chi connectivity index (χ4v) is 3.92. The van der Waals surface area contributed by atoms with Gasteiger partial charge in [-0.1, -0.05) is 0 Å². The second kappa shape index (κ2) is 9.19. The van der Waals surface area contributed by atoms with Gasteiger partial charge in [0.1, 0.15) is 17.2 Å². The van der Waals surface area contributed by atoms with E-state index in [1.165, 1.54) is 12.1 Å². The number of nitro benzene ring substituents is 1. The van der Waals surface area contributed by atoms with Crippen molar-refractivity contribution in [1.82, 2.24) is 14.7 Å². The summed E-state index contributed by atoms with van der Waals surface area (Å²) in [7, 11) is 4.92. The molecule has 10 nitrogen and oxygen atoms in total. The predicted molar refractivity (Wildman–Crippen MR) is 123 cm³/mol. The number of hydrogen-bond acceptors (Lipinski definition) is 7. The normalized spacial score (nSPS) is 13.7. The third-order valence-corrected chi connectivity index (χ3v) is 5.78. The van der Waals surface area contributed by atoms with Gasteiger partial charge in [0.2, 0.25) is 0 Å². The fourth-order valence-electron chi connectivity index (χ4n) is 3.92. The zero-order valence-corrected chi connectivity index (χ0v) is 18.7. The van der Waals surface area contributed by atoms with Crippen LogP contribution in [0.1, 0.15) is 10.5 Å². The molecule has 0 unspecified atom stereocenters. The lowest BCUT2D eigenvalue weighted by molar-refractivity contribution is -0.384. The number of ether oxygens (including phenoxy) is 2. The Morgan fingerprint density at radius 1 is 1.00 bits per heavy atom. The highest BCUT2D eigenvalue weighted by atomic mass is 16.6. The molecule has 1 aliphatic rings. The maximum Gasteiger partial charge on any atom is 0.272 e. The van der Waals surface area contributed by atoms with Crippen LogP contribution >= 0.6 is 0 Å². The fraction of sp³-hybridized carbons (Fsp3) is 0.304. The number of nitro groups is 1. The van der Waals surface area contributed by atoms with E-state index in [4.69, 9.17) is 9.47 Å². The zero-order chi connectivity index (χ0) is 23.5. The number of methoxy groups -OCH3 is 2. The van der Waals surface area contributed by atoms with Gasteiger partial charge in [-0.25, -0.2) is 0 Å². The average Bonchev–Trinajstić information content (AvgIpc) is 3.24. The van der Waals surface area contributed by atoms with Crippen molar-refractivity contribution in [1.29, 1.82) is 0 Å². The highest BCUT2D eigenvalue weighted by molar-refractivity contribution is 5.94. The standard InChI is InChI=1S/C23H25N5O5/c1-25-21(15-20(24-25)19-9-8-18(32-2)14-22(19)33-3)23(29)27-12-10-26(11-13-27)16-4-6-17(7-5-16)28(30)31/h4-9,14-15H,10-13H2,1-3H3. The van der Waals surface area contributed by atoms with E-state index in [1.54, 1.807) is 55.1 Å². The number of amides is 1. The molecular formula is C23H25N5O5. The van der Waals surface area contributed by atoms with Crippen LogP contribution in [0.25, 0.3) is 11.3 Å². The molecule has 0 atom stereocenters. The summed E-state index contributed by atoms with van der Waals surface area (Å²) in [5, 5.41) is 15.4. The minimum atomic E-state index is -0.413. The van der Waals surface area contributed by atoms with Gasteiger partial charge in [-0.15, -0.1) is 0 Å². The van der Waals surface area contributed by atoms with Crippen LogP contribution < -0.4 is 14.4 Å². The van der Waals surface area contributed by atoms with Crippen LogP contribution in [0.2, 0.25) is 0 Å². The van der Waals surface area contributed by atoms with E-state index in [0.29, 0.717) is 49.1 Å². The van der Waals surface area contributed by atoms with Crippen molar-refractivity contribution in [2.45, 2.75) is 0 Å². The van der Waals surface area contributed by atoms with E-state index in [1.807, 2.05) is 12.1 Å². The first-order valence-corrected chi connectivity index (χ1v) is 10.5. The molecule has 10 heteroatoms.